The number of thiol groups is 1. The quantitative estimate of drug-likeness (QED) is 0.726. The normalized spacial score (nSPS) is 19.5. The van der Waals surface area contributed by atoms with Crippen LogP contribution in [0.3, 0.4) is 0 Å². The lowest BCUT2D eigenvalue weighted by molar-refractivity contribution is 0.0951. The molecule has 1 aromatic heterocycles. The topological polar surface area (TPSA) is 69.0 Å². The maximum Gasteiger partial charge on any atom is 0.273 e. The molecule has 0 spiro atoms. The highest BCUT2D eigenvalue weighted by molar-refractivity contribution is 7.80. The van der Waals surface area contributed by atoms with Crippen LogP contribution in [0.4, 0.5) is 0 Å². The number of nitrogens with zero attached hydrogens (tertiary/aromatic N) is 3. The molecule has 1 saturated heterocycles. The maximum atomic E-state index is 11.6. The Hall–Kier alpha value is -1.08. The first-order chi connectivity index (χ1) is 8.29. The summed E-state index contributed by atoms with van der Waals surface area (Å²) in [5.41, 5.74) is 0.352. The van der Waals surface area contributed by atoms with Crippen molar-refractivity contribution in [2.24, 2.45) is 5.92 Å². The zero-order valence-electron chi connectivity index (χ0n) is 9.50. The third-order valence-corrected chi connectivity index (χ3v) is 2.86. The molecule has 1 aromatic rings. The van der Waals surface area contributed by atoms with E-state index in [0.29, 0.717) is 23.9 Å². The number of aromatic nitrogens is 3. The van der Waals surface area contributed by atoms with Crippen LogP contribution in [0.5, 0.6) is 0 Å². The molecule has 1 atom stereocenters. The first-order valence-corrected chi connectivity index (χ1v) is 6.30. The fourth-order valence-electron chi connectivity index (χ4n) is 1.74. The lowest BCUT2D eigenvalue weighted by atomic mass is 10.1. The van der Waals surface area contributed by atoms with Crippen molar-refractivity contribution in [1.29, 1.82) is 0 Å². The van der Waals surface area contributed by atoms with Gasteiger partial charge in [0.25, 0.3) is 5.91 Å². The van der Waals surface area contributed by atoms with Crippen molar-refractivity contribution in [3.05, 3.63) is 11.9 Å². The highest BCUT2D eigenvalue weighted by Gasteiger charge is 2.17. The van der Waals surface area contributed by atoms with Gasteiger partial charge >= 0.3 is 0 Å². The van der Waals surface area contributed by atoms with Gasteiger partial charge in [0.1, 0.15) is 0 Å². The van der Waals surface area contributed by atoms with Crippen LogP contribution in [0.2, 0.25) is 0 Å². The number of carbonyl (C=O) groups excluding carboxylic acids is 1. The smallest absolute Gasteiger partial charge is 0.273 e. The number of hydrogen-bond acceptors (Lipinski definition) is 5. The molecule has 2 heterocycles. The molecule has 0 radical (unpaired) electrons. The fraction of sp³-hybridized carbons (Fsp3) is 0.700. The molecule has 7 heteroatoms. The first kappa shape index (κ1) is 12.4. The zero-order chi connectivity index (χ0) is 12.1. The first-order valence-electron chi connectivity index (χ1n) is 5.66. The fourth-order valence-corrected chi connectivity index (χ4v) is 1.86. The summed E-state index contributed by atoms with van der Waals surface area (Å²) in [7, 11) is 0. The van der Waals surface area contributed by atoms with Crippen molar-refractivity contribution in [2.75, 3.05) is 25.5 Å². The number of ether oxygens (including phenoxy) is 1. The Balaban J connectivity index is 1.88. The van der Waals surface area contributed by atoms with Gasteiger partial charge in [-0.05, 0) is 6.42 Å². The van der Waals surface area contributed by atoms with E-state index < -0.39 is 0 Å². The van der Waals surface area contributed by atoms with E-state index in [-0.39, 0.29) is 5.91 Å². The van der Waals surface area contributed by atoms with E-state index >= 15 is 0 Å². The molecule has 0 saturated carbocycles. The predicted octanol–water partition coefficient (Wildman–Crippen LogP) is -0.0258. The lowest BCUT2D eigenvalue weighted by Crippen LogP contribution is -2.25. The number of amides is 1. The number of hydrogen-bond donors (Lipinski definition) is 2. The van der Waals surface area contributed by atoms with E-state index in [4.69, 9.17) is 4.74 Å². The van der Waals surface area contributed by atoms with Crippen molar-refractivity contribution in [3.8, 4) is 0 Å². The molecule has 1 aliphatic rings. The predicted molar refractivity (Wildman–Crippen MR) is 65.1 cm³/mol. The summed E-state index contributed by atoms with van der Waals surface area (Å²) >= 11 is 4.02. The van der Waals surface area contributed by atoms with Gasteiger partial charge in [-0.15, -0.1) is 5.10 Å². The van der Waals surface area contributed by atoms with Crippen LogP contribution < -0.4 is 5.32 Å². The van der Waals surface area contributed by atoms with Crippen LogP contribution in [-0.2, 0) is 11.3 Å². The van der Waals surface area contributed by atoms with Crippen LogP contribution >= 0.6 is 12.6 Å². The summed E-state index contributed by atoms with van der Waals surface area (Å²) in [5.74, 6) is 0.886. The van der Waals surface area contributed by atoms with E-state index in [0.717, 1.165) is 26.2 Å². The Morgan fingerprint density at radius 2 is 2.59 bits per heavy atom. The molecule has 17 heavy (non-hydrogen) atoms. The van der Waals surface area contributed by atoms with Gasteiger partial charge in [0.05, 0.1) is 12.8 Å². The molecule has 1 unspecified atom stereocenters. The average Bonchev–Trinajstić information content (AvgIpc) is 2.98. The minimum Gasteiger partial charge on any atom is -0.381 e. The maximum absolute atomic E-state index is 11.6. The van der Waals surface area contributed by atoms with Crippen molar-refractivity contribution in [1.82, 2.24) is 20.3 Å². The van der Waals surface area contributed by atoms with Gasteiger partial charge in [-0.1, -0.05) is 5.21 Å². The van der Waals surface area contributed by atoms with Gasteiger partial charge in [-0.2, -0.15) is 12.6 Å². The summed E-state index contributed by atoms with van der Waals surface area (Å²) in [6.07, 6.45) is 2.72. The standard InChI is InChI=1S/C10H16N4O2S/c15-10(11-2-4-17)9-6-14(13-12-9)5-8-1-3-16-7-8/h6,8,17H,1-5,7H2,(H,11,15). The van der Waals surface area contributed by atoms with Gasteiger partial charge in [-0.3, -0.25) is 9.48 Å². The second-order valence-corrected chi connectivity index (χ2v) is 4.48. The number of carbonyl (C=O) groups is 1. The Labute approximate surface area is 105 Å². The molecule has 94 valence electrons. The number of nitrogens with one attached hydrogen (secondary N) is 1. The Morgan fingerprint density at radius 1 is 1.71 bits per heavy atom. The molecular weight excluding hydrogens is 240 g/mol. The van der Waals surface area contributed by atoms with Gasteiger partial charge in [0.15, 0.2) is 5.69 Å². The van der Waals surface area contributed by atoms with Crippen LogP contribution in [0, 0.1) is 5.92 Å². The molecule has 0 aliphatic carbocycles. The van der Waals surface area contributed by atoms with E-state index in [1.54, 1.807) is 10.9 Å². The number of rotatable bonds is 5. The Kier molecular flexibility index (Phi) is 4.38. The highest BCUT2D eigenvalue weighted by atomic mass is 32.1. The van der Waals surface area contributed by atoms with Gasteiger partial charge < -0.3 is 10.1 Å². The van der Waals surface area contributed by atoms with Gasteiger partial charge in [0.2, 0.25) is 0 Å². The molecule has 1 fully saturated rings. The average molecular weight is 256 g/mol. The van der Waals surface area contributed by atoms with Crippen LogP contribution in [0.25, 0.3) is 0 Å². The van der Waals surface area contributed by atoms with Crippen LogP contribution in [-0.4, -0.2) is 46.4 Å². The van der Waals surface area contributed by atoms with Crippen molar-refractivity contribution < 1.29 is 9.53 Å². The minimum absolute atomic E-state index is 0.201. The van der Waals surface area contributed by atoms with Gasteiger partial charge in [0, 0.05) is 31.4 Å². The molecule has 1 N–H and O–H groups in total. The lowest BCUT2D eigenvalue weighted by Gasteiger charge is -2.05. The monoisotopic (exact) mass is 256 g/mol. The highest BCUT2D eigenvalue weighted by Crippen LogP contribution is 2.14. The SMILES string of the molecule is O=C(NCCS)c1cn(CC2CCOC2)nn1. The van der Waals surface area contributed by atoms with E-state index in [2.05, 4.69) is 28.3 Å². The molecule has 0 aromatic carbocycles. The third-order valence-electron chi connectivity index (χ3n) is 2.64. The van der Waals surface area contributed by atoms with Crippen molar-refractivity contribution in [2.45, 2.75) is 13.0 Å². The van der Waals surface area contributed by atoms with Crippen molar-refractivity contribution in [3.63, 3.8) is 0 Å². The minimum atomic E-state index is -0.201. The third kappa shape index (κ3) is 3.44. The van der Waals surface area contributed by atoms with Crippen LogP contribution in [0.15, 0.2) is 6.20 Å². The molecule has 1 amide bonds. The summed E-state index contributed by atoms with van der Waals surface area (Å²) in [5, 5.41) is 10.5. The van der Waals surface area contributed by atoms with E-state index in [1.165, 1.54) is 0 Å². The van der Waals surface area contributed by atoms with E-state index in [9.17, 15) is 4.79 Å². The molecule has 6 nitrogen and oxygen atoms in total. The molecular formula is C10H16N4O2S. The second-order valence-electron chi connectivity index (χ2n) is 4.03. The zero-order valence-corrected chi connectivity index (χ0v) is 10.4. The Bertz CT molecular complexity index is 376. The summed E-state index contributed by atoms with van der Waals surface area (Å²) < 4.78 is 6.99. The molecule has 1 aliphatic heterocycles. The summed E-state index contributed by atoms with van der Waals surface area (Å²) in [6.45, 7) is 2.87. The van der Waals surface area contributed by atoms with Crippen molar-refractivity contribution >= 4 is 18.5 Å². The molecule has 0 bridgehead atoms. The second kappa shape index (κ2) is 6.02. The molecule has 2 rings (SSSR count). The summed E-state index contributed by atoms with van der Waals surface area (Å²) in [4.78, 5) is 11.6. The summed E-state index contributed by atoms with van der Waals surface area (Å²) in [6, 6.07) is 0. The Morgan fingerprint density at radius 3 is 3.29 bits per heavy atom. The van der Waals surface area contributed by atoms with Gasteiger partial charge in [-0.25, -0.2) is 0 Å². The van der Waals surface area contributed by atoms with E-state index in [1.807, 2.05) is 0 Å². The van der Waals surface area contributed by atoms with Crippen LogP contribution in [0.1, 0.15) is 16.9 Å². The largest absolute Gasteiger partial charge is 0.381 e.